The monoisotopic (exact) mass is 1000 g/mol. The summed E-state index contributed by atoms with van der Waals surface area (Å²) in [5.41, 5.74) is 6.10. The van der Waals surface area contributed by atoms with Gasteiger partial charge in [0.15, 0.2) is 0 Å². The first kappa shape index (κ1) is 59.2. The minimum atomic E-state index is -1.88. The summed E-state index contributed by atoms with van der Waals surface area (Å²) in [6, 6.07) is -3.99. The number of aromatic nitrogens is 2. The van der Waals surface area contributed by atoms with Crippen LogP contribution < -0.4 is 53.6 Å². The quantitative estimate of drug-likeness (QED) is 0.0354. The Kier molecular flexibility index (Phi) is 24.3. The van der Waals surface area contributed by atoms with Crippen LogP contribution in [0.5, 0.6) is 0 Å². The number of H-pyrrole nitrogens is 1. The Bertz CT molecular complexity index is 2210. The average Bonchev–Trinajstić information content (AvgIpc) is 3.83. The van der Waals surface area contributed by atoms with E-state index in [1.54, 1.807) is 58.0 Å². The van der Waals surface area contributed by atoms with Crippen molar-refractivity contribution in [3.63, 3.8) is 0 Å². The number of rotatable bonds is 30. The zero-order valence-electron chi connectivity index (χ0n) is 40.0. The molecule has 0 radical (unpaired) electrons. The van der Waals surface area contributed by atoms with Gasteiger partial charge in [-0.25, -0.2) is 9.78 Å². The summed E-state index contributed by atoms with van der Waals surface area (Å²) in [5, 5.41) is 50.0. The van der Waals surface area contributed by atoms with E-state index in [0.717, 1.165) is 6.92 Å². The number of carboxylic acid groups (broad SMARTS) is 3. The van der Waals surface area contributed by atoms with Gasteiger partial charge in [-0.3, -0.25) is 52.7 Å². The fourth-order valence-corrected chi connectivity index (χ4v) is 6.51. The van der Waals surface area contributed by atoms with Crippen molar-refractivity contribution in [3.05, 3.63) is 54.1 Å². The molecular weight excluding hydrogens is 937 g/mol. The molecule has 0 aliphatic rings. The highest BCUT2D eigenvalue weighted by Gasteiger charge is 2.35. The summed E-state index contributed by atoms with van der Waals surface area (Å²) >= 11 is 0. The van der Waals surface area contributed by atoms with Crippen molar-refractivity contribution in [1.29, 1.82) is 0 Å². The van der Waals surface area contributed by atoms with E-state index in [1.165, 1.54) is 19.4 Å². The van der Waals surface area contributed by atoms with Gasteiger partial charge in [-0.15, -0.1) is 0 Å². The topological polar surface area (TPSA) is 428 Å². The van der Waals surface area contributed by atoms with Crippen LogP contribution in [0.15, 0.2) is 42.9 Å². The number of hydrogen-bond donors (Lipinski definition) is 14. The molecule has 1 aromatic carbocycles. The van der Waals surface area contributed by atoms with Gasteiger partial charge >= 0.3 is 17.9 Å². The molecule has 0 aliphatic carbocycles. The molecule has 2 aromatic rings. The Balaban J connectivity index is 2.26. The number of aliphatic carboxylic acids is 3. The lowest BCUT2D eigenvalue weighted by Gasteiger charge is -2.27. The second kappa shape index (κ2) is 29.1. The molecule has 0 spiro atoms. The molecule has 0 unspecified atom stereocenters. The van der Waals surface area contributed by atoms with Gasteiger partial charge in [-0.1, -0.05) is 64.4 Å². The number of carboxylic acids is 3. The van der Waals surface area contributed by atoms with Gasteiger partial charge in [0.1, 0.15) is 48.3 Å². The van der Waals surface area contributed by atoms with Gasteiger partial charge < -0.3 is 73.9 Å². The molecule has 1 aromatic heterocycles. The summed E-state index contributed by atoms with van der Waals surface area (Å²) < 4.78 is 0. The summed E-state index contributed by atoms with van der Waals surface area (Å²) in [7, 11) is 0. The molecule has 0 fully saturated rings. The predicted molar refractivity (Wildman–Crippen MR) is 248 cm³/mol. The van der Waals surface area contributed by atoms with E-state index < -0.39 is 145 Å². The van der Waals surface area contributed by atoms with Gasteiger partial charge in [0, 0.05) is 24.7 Å². The van der Waals surface area contributed by atoms with Crippen LogP contribution in [-0.4, -0.2) is 158 Å². The van der Waals surface area contributed by atoms with Gasteiger partial charge in [-0.2, -0.15) is 0 Å². The molecule has 390 valence electrons. The highest BCUT2D eigenvalue weighted by molar-refractivity contribution is 5.99. The molecule has 9 amide bonds. The largest absolute Gasteiger partial charge is 0.481 e. The van der Waals surface area contributed by atoms with E-state index >= 15 is 0 Å². The van der Waals surface area contributed by atoms with Crippen LogP contribution >= 0.6 is 0 Å². The normalized spacial score (nSPS) is 14.7. The molecular formula is C44H64N12O15. The van der Waals surface area contributed by atoms with Crippen LogP contribution in [0.4, 0.5) is 0 Å². The fraction of sp³-hybridized carbons (Fsp3) is 0.523. The minimum absolute atomic E-state index is 0.236. The van der Waals surface area contributed by atoms with E-state index in [9.17, 15) is 72.9 Å². The molecule has 27 heteroatoms. The summed E-state index contributed by atoms with van der Waals surface area (Å²) in [6.45, 7) is 7.97. The van der Waals surface area contributed by atoms with E-state index in [-0.39, 0.29) is 25.3 Å². The maximum atomic E-state index is 13.8. The highest BCUT2D eigenvalue weighted by Crippen LogP contribution is 2.11. The van der Waals surface area contributed by atoms with Crippen molar-refractivity contribution in [3.8, 4) is 0 Å². The predicted octanol–water partition coefficient (Wildman–Crippen LogP) is -4.08. The van der Waals surface area contributed by atoms with Crippen molar-refractivity contribution >= 4 is 71.1 Å². The van der Waals surface area contributed by atoms with Crippen molar-refractivity contribution in [2.45, 2.75) is 122 Å². The zero-order chi connectivity index (χ0) is 53.5. The van der Waals surface area contributed by atoms with Crippen LogP contribution in [0.2, 0.25) is 0 Å². The molecule has 0 saturated heterocycles. The SMILES string of the molecule is CC[C@H](C)[C@H](NC(=O)[C@H](CC(=O)O)NC(=O)[C@H](Cc1ccccc1)NC(=O)[C@H](C)NC(=O)[C@H](CC(=O)O)NC(=O)[C@H](Cc1cnc[nH]1)NC(=O)[C@H](C)NC(=O)CNC(=O)[C@@H](NC(=O)CN)C(C)C)C(=O)O. The fourth-order valence-electron chi connectivity index (χ4n) is 6.51. The van der Waals surface area contributed by atoms with Crippen LogP contribution in [0.1, 0.15) is 72.1 Å². The minimum Gasteiger partial charge on any atom is -0.481 e. The Labute approximate surface area is 407 Å². The Morgan fingerprint density at radius 1 is 0.577 bits per heavy atom. The van der Waals surface area contributed by atoms with Gasteiger partial charge in [0.2, 0.25) is 53.2 Å². The van der Waals surface area contributed by atoms with E-state index in [0.29, 0.717) is 17.7 Å². The molecule has 15 N–H and O–H groups in total. The number of imidazole rings is 1. The molecule has 1 heterocycles. The summed E-state index contributed by atoms with van der Waals surface area (Å²) in [6.07, 6.45) is 0.383. The van der Waals surface area contributed by atoms with E-state index in [2.05, 4.69) is 57.8 Å². The number of aromatic amines is 1. The van der Waals surface area contributed by atoms with Crippen LogP contribution in [0, 0.1) is 11.8 Å². The molecule has 0 aliphatic heterocycles. The molecule has 0 bridgehead atoms. The third-order valence-electron chi connectivity index (χ3n) is 10.7. The number of carbonyl (C=O) groups is 12. The summed E-state index contributed by atoms with van der Waals surface area (Å²) in [5.74, 6) is -14.0. The molecule has 71 heavy (non-hydrogen) atoms. The van der Waals surface area contributed by atoms with E-state index in [1.807, 2.05) is 0 Å². The first-order valence-electron chi connectivity index (χ1n) is 22.4. The van der Waals surface area contributed by atoms with Crippen LogP contribution in [0.25, 0.3) is 0 Å². The molecule has 0 saturated carbocycles. The number of nitrogens with one attached hydrogen (secondary N) is 10. The molecule has 2 rings (SSSR count). The molecule has 27 nitrogen and oxygen atoms in total. The number of benzene rings is 1. The van der Waals surface area contributed by atoms with Gasteiger partial charge in [0.05, 0.1) is 32.3 Å². The Morgan fingerprint density at radius 2 is 1.07 bits per heavy atom. The van der Waals surface area contributed by atoms with Crippen LogP contribution in [0.3, 0.4) is 0 Å². The van der Waals surface area contributed by atoms with Gasteiger partial charge in [0.25, 0.3) is 0 Å². The number of nitrogens with two attached hydrogens (primary N) is 1. The maximum Gasteiger partial charge on any atom is 0.326 e. The standard InChI is InChI=1S/C44H64N12O15/c1-7-22(4)36(44(70)71)56-42(68)30(16-34(61)62)54-40(66)27(13-25-11-9-8-10-12-25)51-38(64)24(6)50-39(65)29(15-33(59)60)53-41(67)28(14-26-18-46-20-48-26)52-37(63)23(5)49-32(58)19-47-43(69)35(21(2)3)55-31(57)17-45/h8-12,18,20-24,27-30,35-36H,7,13-17,19,45H2,1-6H3,(H,46,48)(H,47,69)(H,49,58)(H,50,65)(H,51,64)(H,52,63)(H,53,67)(H,54,66)(H,55,57)(H,56,68)(H,59,60)(H,61,62)(H,70,71)/t22-,23-,24-,27-,28-,29-,30-,35-,36-/m0/s1. The van der Waals surface area contributed by atoms with Crippen LogP contribution in [-0.2, 0) is 70.4 Å². The number of carbonyl (C=O) groups excluding carboxylic acids is 9. The lowest BCUT2D eigenvalue weighted by molar-refractivity contribution is -0.145. The molecule has 9 atom stereocenters. The average molecular weight is 1000 g/mol. The van der Waals surface area contributed by atoms with Gasteiger partial charge in [-0.05, 0) is 31.2 Å². The zero-order valence-corrected chi connectivity index (χ0v) is 40.0. The Hall–Kier alpha value is -7.97. The summed E-state index contributed by atoms with van der Waals surface area (Å²) in [4.78, 5) is 161. The highest BCUT2D eigenvalue weighted by atomic mass is 16.4. The first-order chi connectivity index (χ1) is 33.4. The van der Waals surface area contributed by atoms with Crippen molar-refractivity contribution in [2.75, 3.05) is 13.1 Å². The third kappa shape index (κ3) is 20.7. The number of hydrogen-bond acceptors (Lipinski definition) is 14. The maximum absolute atomic E-state index is 13.8. The van der Waals surface area contributed by atoms with Crippen molar-refractivity contribution < 1.29 is 72.9 Å². The second-order valence-corrected chi connectivity index (χ2v) is 16.9. The smallest absolute Gasteiger partial charge is 0.326 e. The lowest BCUT2D eigenvalue weighted by atomic mass is 9.98. The van der Waals surface area contributed by atoms with Crippen molar-refractivity contribution in [1.82, 2.24) is 57.8 Å². The Morgan fingerprint density at radius 3 is 1.54 bits per heavy atom. The number of amides is 9. The van der Waals surface area contributed by atoms with E-state index in [4.69, 9.17) is 5.73 Å². The third-order valence-corrected chi connectivity index (χ3v) is 10.7. The number of nitrogens with zero attached hydrogens (tertiary/aromatic N) is 1. The first-order valence-corrected chi connectivity index (χ1v) is 22.4. The second-order valence-electron chi connectivity index (χ2n) is 16.9. The lowest BCUT2D eigenvalue weighted by Crippen LogP contribution is -2.60. The van der Waals surface area contributed by atoms with Crippen molar-refractivity contribution in [2.24, 2.45) is 17.6 Å².